The Morgan fingerprint density at radius 2 is 1.06 bits per heavy atom. The van der Waals surface area contributed by atoms with Crippen LogP contribution in [-0.4, -0.2) is 34.0 Å². The summed E-state index contributed by atoms with van der Waals surface area (Å²) in [6.45, 7) is 12.2. The van der Waals surface area contributed by atoms with Crippen molar-refractivity contribution in [3.63, 3.8) is 0 Å². The number of hydrogen-bond acceptors (Lipinski definition) is 3. The summed E-state index contributed by atoms with van der Waals surface area (Å²) >= 11 is 0. The Bertz CT molecular complexity index is 537. The average molecular weight is 466 g/mol. The number of unbranched alkanes of at least 4 members (excludes halogenated alkanes) is 14. The molecule has 1 amide bonds. The second kappa shape index (κ2) is 15.8. The molecule has 0 unspecified atom stereocenters. The summed E-state index contributed by atoms with van der Waals surface area (Å²) in [7, 11) is 0. The summed E-state index contributed by atoms with van der Waals surface area (Å²) in [5.74, 6) is 0.0187. The van der Waals surface area contributed by atoms with Gasteiger partial charge in [0.05, 0.1) is 0 Å². The van der Waals surface area contributed by atoms with Crippen molar-refractivity contribution in [3.05, 3.63) is 0 Å². The van der Waals surface area contributed by atoms with Crippen LogP contribution in [0.25, 0.3) is 0 Å². The van der Waals surface area contributed by atoms with Crippen LogP contribution in [0, 0.1) is 0 Å². The highest BCUT2D eigenvalue weighted by Crippen LogP contribution is 2.39. The van der Waals surface area contributed by atoms with Gasteiger partial charge in [0.1, 0.15) is 6.10 Å². The molecule has 1 aliphatic heterocycles. The first-order chi connectivity index (χ1) is 15.6. The number of ether oxygens (including phenoxy) is 1. The molecular formula is C29H55NO3. The molecule has 0 N–H and O–H groups in total. The summed E-state index contributed by atoms with van der Waals surface area (Å²) in [5, 5.41) is 0. The fourth-order valence-corrected chi connectivity index (χ4v) is 6.01. The summed E-state index contributed by atoms with van der Waals surface area (Å²) in [5.41, 5.74) is -0.597. The Balaban J connectivity index is 2.04. The fourth-order valence-electron chi connectivity index (χ4n) is 6.01. The summed E-state index contributed by atoms with van der Waals surface area (Å²) < 4.78 is 5.83. The van der Waals surface area contributed by atoms with Gasteiger partial charge in [0.25, 0.3) is 0 Å². The molecule has 1 heterocycles. The maximum Gasteiger partial charge on any atom is 0.306 e. The number of hydrogen-bond donors (Lipinski definition) is 0. The van der Waals surface area contributed by atoms with E-state index in [0.29, 0.717) is 19.3 Å². The molecule has 1 aliphatic rings. The van der Waals surface area contributed by atoms with Gasteiger partial charge in [-0.25, -0.2) is 0 Å². The van der Waals surface area contributed by atoms with Crippen molar-refractivity contribution in [2.45, 2.75) is 174 Å². The monoisotopic (exact) mass is 465 g/mol. The van der Waals surface area contributed by atoms with E-state index >= 15 is 0 Å². The van der Waals surface area contributed by atoms with Crippen molar-refractivity contribution >= 4 is 11.9 Å². The second-order valence-electron chi connectivity index (χ2n) is 11.7. The lowest BCUT2D eigenvalue weighted by molar-refractivity contribution is -0.166. The number of carbonyl (C=O) groups excluding carboxylic acids is 2. The maximum absolute atomic E-state index is 12.4. The fraction of sp³-hybridized carbons (Fsp3) is 0.931. The van der Waals surface area contributed by atoms with Crippen LogP contribution in [0.2, 0.25) is 0 Å². The van der Waals surface area contributed by atoms with Gasteiger partial charge in [0.2, 0.25) is 5.91 Å². The van der Waals surface area contributed by atoms with Gasteiger partial charge in [-0.05, 0) is 34.1 Å². The molecule has 33 heavy (non-hydrogen) atoms. The lowest BCUT2D eigenvalue weighted by atomic mass is 9.78. The Morgan fingerprint density at radius 1 is 0.697 bits per heavy atom. The van der Waals surface area contributed by atoms with Crippen molar-refractivity contribution < 1.29 is 14.3 Å². The first-order valence-electron chi connectivity index (χ1n) is 14.1. The first kappa shape index (κ1) is 30.0. The summed E-state index contributed by atoms with van der Waals surface area (Å²) in [4.78, 5) is 26.5. The predicted molar refractivity (Wildman–Crippen MR) is 139 cm³/mol. The zero-order chi connectivity index (χ0) is 24.7. The average Bonchev–Trinajstić information content (AvgIpc) is 2.68. The van der Waals surface area contributed by atoms with Gasteiger partial charge in [0, 0.05) is 37.3 Å². The zero-order valence-electron chi connectivity index (χ0n) is 23.0. The number of nitrogens with zero attached hydrogens (tertiary/aromatic N) is 1. The molecule has 1 fully saturated rings. The third-order valence-electron chi connectivity index (χ3n) is 7.26. The number of amides is 1. The molecule has 0 atom stereocenters. The van der Waals surface area contributed by atoms with Crippen LogP contribution >= 0.6 is 0 Å². The Morgan fingerprint density at radius 3 is 1.42 bits per heavy atom. The third kappa shape index (κ3) is 12.3. The minimum absolute atomic E-state index is 0.0717. The van der Waals surface area contributed by atoms with Crippen LogP contribution in [0.4, 0.5) is 0 Å². The molecule has 0 aromatic rings. The molecule has 0 saturated carbocycles. The molecule has 0 aliphatic carbocycles. The van der Waals surface area contributed by atoms with E-state index in [4.69, 9.17) is 4.74 Å². The lowest BCUT2D eigenvalue weighted by Crippen LogP contribution is -2.63. The van der Waals surface area contributed by atoms with Crippen LogP contribution in [-0.2, 0) is 14.3 Å². The molecule has 194 valence electrons. The van der Waals surface area contributed by atoms with Gasteiger partial charge >= 0.3 is 5.97 Å². The molecule has 0 spiro atoms. The van der Waals surface area contributed by atoms with Crippen LogP contribution in [0.3, 0.4) is 0 Å². The van der Waals surface area contributed by atoms with Crippen molar-refractivity contribution in [3.8, 4) is 0 Å². The van der Waals surface area contributed by atoms with Gasteiger partial charge in [-0.15, -0.1) is 0 Å². The highest BCUT2D eigenvalue weighted by Gasteiger charge is 2.47. The topological polar surface area (TPSA) is 46.6 Å². The number of piperidine rings is 1. The Hall–Kier alpha value is -1.06. The SMILES string of the molecule is CCCCCCCCCCCCCCCCCC(=O)OC1CC(C)(C)N(C(C)=O)C(C)(C)C1. The third-order valence-corrected chi connectivity index (χ3v) is 7.26. The molecule has 4 nitrogen and oxygen atoms in total. The largest absolute Gasteiger partial charge is 0.462 e. The number of esters is 1. The van der Waals surface area contributed by atoms with Gasteiger partial charge in [-0.2, -0.15) is 0 Å². The van der Waals surface area contributed by atoms with Gasteiger partial charge in [-0.3, -0.25) is 9.59 Å². The second-order valence-corrected chi connectivity index (χ2v) is 11.7. The number of carbonyl (C=O) groups is 2. The summed E-state index contributed by atoms with van der Waals surface area (Å²) in [6, 6.07) is 0. The van der Waals surface area contributed by atoms with Crippen LogP contribution in [0.5, 0.6) is 0 Å². The molecule has 0 radical (unpaired) electrons. The number of rotatable bonds is 17. The van der Waals surface area contributed by atoms with E-state index in [0.717, 1.165) is 12.8 Å². The molecule has 4 heteroatoms. The normalized spacial score (nSPS) is 17.8. The Kier molecular flexibility index (Phi) is 14.3. The molecule has 0 bridgehead atoms. The van der Waals surface area contributed by atoms with E-state index in [1.807, 2.05) is 4.90 Å². The van der Waals surface area contributed by atoms with Crippen molar-refractivity contribution in [2.24, 2.45) is 0 Å². The highest BCUT2D eigenvalue weighted by molar-refractivity contribution is 5.75. The minimum Gasteiger partial charge on any atom is -0.462 e. The quantitative estimate of drug-likeness (QED) is 0.160. The van der Waals surface area contributed by atoms with Gasteiger partial charge < -0.3 is 9.64 Å². The van der Waals surface area contributed by atoms with E-state index in [1.54, 1.807) is 6.92 Å². The van der Waals surface area contributed by atoms with E-state index in [9.17, 15) is 9.59 Å². The minimum atomic E-state index is -0.298. The molecule has 1 saturated heterocycles. The first-order valence-corrected chi connectivity index (χ1v) is 14.1. The highest BCUT2D eigenvalue weighted by atomic mass is 16.5. The van der Waals surface area contributed by atoms with Crippen molar-refractivity contribution in [1.82, 2.24) is 4.90 Å². The van der Waals surface area contributed by atoms with E-state index in [1.165, 1.54) is 83.5 Å². The van der Waals surface area contributed by atoms with Gasteiger partial charge in [0.15, 0.2) is 0 Å². The van der Waals surface area contributed by atoms with Crippen molar-refractivity contribution in [2.75, 3.05) is 0 Å². The Labute approximate surface area is 205 Å². The standard InChI is InChI=1S/C29H55NO3/c1-7-8-9-10-11-12-13-14-15-16-17-18-19-20-21-22-27(32)33-26-23-28(3,4)30(25(2)31)29(5,6)24-26/h26H,7-24H2,1-6H3. The van der Waals surface area contributed by atoms with Crippen LogP contribution in [0.15, 0.2) is 0 Å². The van der Waals surface area contributed by atoms with Crippen LogP contribution in [0.1, 0.15) is 157 Å². The van der Waals surface area contributed by atoms with Crippen molar-refractivity contribution in [1.29, 1.82) is 0 Å². The summed E-state index contributed by atoms with van der Waals surface area (Å²) in [6.07, 6.45) is 21.7. The van der Waals surface area contributed by atoms with E-state index in [2.05, 4.69) is 34.6 Å². The molecule has 1 rings (SSSR count). The maximum atomic E-state index is 12.4. The predicted octanol–water partition coefficient (Wildman–Crippen LogP) is 8.36. The van der Waals surface area contributed by atoms with Gasteiger partial charge in [-0.1, -0.05) is 96.8 Å². The molecule has 0 aromatic heterocycles. The van der Waals surface area contributed by atoms with Crippen LogP contribution < -0.4 is 0 Å². The number of likely N-dealkylation sites (tertiary alicyclic amines) is 1. The molecule has 0 aromatic carbocycles. The lowest BCUT2D eigenvalue weighted by Gasteiger charge is -2.54. The smallest absolute Gasteiger partial charge is 0.306 e. The van der Waals surface area contributed by atoms with E-state index in [-0.39, 0.29) is 29.1 Å². The van der Waals surface area contributed by atoms with E-state index < -0.39 is 0 Å². The zero-order valence-corrected chi connectivity index (χ0v) is 23.0. The molecular weight excluding hydrogens is 410 g/mol.